The molecule has 0 aliphatic carbocycles. The predicted octanol–water partition coefficient (Wildman–Crippen LogP) is 10.3. The first-order valence-corrected chi connectivity index (χ1v) is 17.2. The molecule has 0 bridgehead atoms. The van der Waals surface area contributed by atoms with Crippen LogP contribution in [0.5, 0.6) is 0 Å². The van der Waals surface area contributed by atoms with Gasteiger partial charge in [0.15, 0.2) is 0 Å². The fourth-order valence-electron chi connectivity index (χ4n) is 9.92. The molecule has 0 atom stereocenters. The summed E-state index contributed by atoms with van der Waals surface area (Å²) in [5.41, 5.74) is 20.0. The molecule has 49 heavy (non-hydrogen) atoms. The summed E-state index contributed by atoms with van der Waals surface area (Å²) in [6.45, 7) is 6.71. The van der Waals surface area contributed by atoms with E-state index >= 15 is 0 Å². The first-order chi connectivity index (χ1) is 24.1. The molecule has 228 valence electrons. The molecule has 4 heteroatoms. The van der Waals surface area contributed by atoms with Crippen LogP contribution in [0.2, 0.25) is 0 Å². The van der Waals surface area contributed by atoms with Gasteiger partial charge in [-0.3, -0.25) is 0 Å². The number of hydrogen-bond donors (Lipinski definition) is 0. The van der Waals surface area contributed by atoms with Crippen LogP contribution in [0.1, 0.15) is 16.7 Å². The zero-order valence-corrected chi connectivity index (χ0v) is 27.4. The molecule has 0 saturated heterocycles. The van der Waals surface area contributed by atoms with Gasteiger partial charge < -0.3 is 13.5 Å². The van der Waals surface area contributed by atoms with Crippen LogP contribution in [0.3, 0.4) is 0 Å². The largest absolute Gasteiger partial charge is 0.456 e. The predicted molar refractivity (Wildman–Crippen MR) is 207 cm³/mol. The van der Waals surface area contributed by atoms with E-state index in [1.54, 1.807) is 0 Å². The molecule has 2 aliphatic heterocycles. The summed E-state index contributed by atoms with van der Waals surface area (Å²) >= 11 is 0. The van der Waals surface area contributed by atoms with E-state index in [0.717, 1.165) is 16.6 Å². The molecule has 0 radical (unpaired) electrons. The van der Waals surface area contributed by atoms with Gasteiger partial charge in [-0.1, -0.05) is 96.6 Å². The van der Waals surface area contributed by atoms with Crippen LogP contribution in [0.4, 0.5) is 0 Å². The Kier molecular flexibility index (Phi) is 4.63. The molecule has 2 aliphatic rings. The third kappa shape index (κ3) is 3.03. The van der Waals surface area contributed by atoms with Gasteiger partial charge in [-0.05, 0) is 89.8 Å². The fourth-order valence-corrected chi connectivity index (χ4v) is 9.92. The number of furan rings is 1. The minimum atomic E-state index is -0.0225. The van der Waals surface area contributed by atoms with Crippen molar-refractivity contribution in [2.75, 3.05) is 0 Å². The maximum Gasteiger partial charge on any atom is 0.333 e. The van der Waals surface area contributed by atoms with E-state index in [0.29, 0.717) is 0 Å². The van der Waals surface area contributed by atoms with Gasteiger partial charge >= 0.3 is 6.85 Å². The van der Waals surface area contributed by atoms with E-state index in [-0.39, 0.29) is 6.85 Å². The molecule has 12 rings (SSSR count). The first-order valence-electron chi connectivity index (χ1n) is 17.2. The van der Waals surface area contributed by atoms with Crippen molar-refractivity contribution in [3.05, 3.63) is 138 Å². The van der Waals surface area contributed by atoms with Crippen LogP contribution < -0.4 is 10.9 Å². The number of nitrogens with zero attached hydrogens (tertiary/aromatic N) is 2. The van der Waals surface area contributed by atoms with Crippen LogP contribution in [-0.4, -0.2) is 15.9 Å². The Bertz CT molecular complexity index is 3130. The fraction of sp³-hybridized carbons (Fsp3) is 0.0667. The van der Waals surface area contributed by atoms with Gasteiger partial charge in [0, 0.05) is 43.5 Å². The van der Waals surface area contributed by atoms with Crippen molar-refractivity contribution in [3.8, 4) is 27.9 Å². The molecule has 0 saturated carbocycles. The summed E-state index contributed by atoms with van der Waals surface area (Å²) in [4.78, 5) is 0. The molecule has 0 spiro atoms. The van der Waals surface area contributed by atoms with E-state index in [1.807, 2.05) is 0 Å². The molecule has 10 aromatic rings. The average molecular weight is 625 g/mol. The second-order valence-electron chi connectivity index (χ2n) is 14.2. The molecule has 3 aromatic heterocycles. The Labute approximate surface area is 282 Å². The Morgan fingerprint density at radius 1 is 0.551 bits per heavy atom. The van der Waals surface area contributed by atoms with Crippen molar-refractivity contribution in [3.63, 3.8) is 0 Å². The van der Waals surface area contributed by atoms with Crippen LogP contribution in [0.15, 0.2) is 126 Å². The Morgan fingerprint density at radius 2 is 1.24 bits per heavy atom. The number of para-hydroxylation sites is 4. The van der Waals surface area contributed by atoms with Crippen LogP contribution in [0.25, 0.3) is 93.5 Å². The summed E-state index contributed by atoms with van der Waals surface area (Å²) in [5, 5.41) is 7.52. The second kappa shape index (κ2) is 8.72. The molecule has 5 heterocycles. The number of fused-ring (bicyclic) bond motifs is 14. The number of aromatic nitrogens is 2. The lowest BCUT2D eigenvalue weighted by atomic mass is 9.45. The van der Waals surface area contributed by atoms with Gasteiger partial charge in [-0.15, -0.1) is 0 Å². The summed E-state index contributed by atoms with van der Waals surface area (Å²) in [6.07, 6.45) is 0. The molecular weight excluding hydrogens is 595 g/mol. The maximum absolute atomic E-state index is 6.73. The minimum Gasteiger partial charge on any atom is -0.456 e. The lowest BCUT2D eigenvalue weighted by Gasteiger charge is -2.34. The van der Waals surface area contributed by atoms with Gasteiger partial charge in [0.25, 0.3) is 0 Å². The maximum atomic E-state index is 6.73. The Hall–Kier alpha value is -6.00. The first kappa shape index (κ1) is 26.0. The lowest BCUT2D eigenvalue weighted by Crippen LogP contribution is -2.55. The Morgan fingerprint density at radius 3 is 2.06 bits per heavy atom. The molecule has 0 amide bonds. The highest BCUT2D eigenvalue weighted by atomic mass is 16.3. The number of benzene rings is 7. The van der Waals surface area contributed by atoms with Gasteiger partial charge in [0.05, 0.1) is 22.1 Å². The number of aryl methyl sites for hydroxylation is 3. The average Bonchev–Trinajstić information content (AvgIpc) is 3.76. The highest BCUT2D eigenvalue weighted by molar-refractivity contribution is 6.90. The highest BCUT2D eigenvalue weighted by Crippen LogP contribution is 2.47. The third-order valence-electron chi connectivity index (χ3n) is 11.5. The molecule has 0 fully saturated rings. The lowest BCUT2D eigenvalue weighted by molar-refractivity contribution is 0.669. The number of rotatable bonds is 1. The quantitative estimate of drug-likeness (QED) is 0.167. The van der Waals surface area contributed by atoms with E-state index in [4.69, 9.17) is 4.42 Å². The zero-order chi connectivity index (χ0) is 32.3. The summed E-state index contributed by atoms with van der Waals surface area (Å²) in [7, 11) is 0. The van der Waals surface area contributed by atoms with E-state index < -0.39 is 0 Å². The van der Waals surface area contributed by atoms with E-state index in [2.05, 4.69) is 151 Å². The van der Waals surface area contributed by atoms with Gasteiger partial charge in [0.1, 0.15) is 11.2 Å². The van der Waals surface area contributed by atoms with Crippen molar-refractivity contribution in [1.29, 1.82) is 0 Å². The second-order valence-corrected chi connectivity index (χ2v) is 14.2. The summed E-state index contributed by atoms with van der Waals surface area (Å²) < 4.78 is 12.0. The summed E-state index contributed by atoms with van der Waals surface area (Å²) in [5.74, 6) is 0. The van der Waals surface area contributed by atoms with Crippen LogP contribution in [0, 0.1) is 20.8 Å². The normalized spacial score (nSPS) is 13.2. The zero-order valence-electron chi connectivity index (χ0n) is 27.4. The molecule has 3 nitrogen and oxygen atoms in total. The van der Waals surface area contributed by atoms with E-state index in [9.17, 15) is 0 Å². The van der Waals surface area contributed by atoms with Crippen molar-refractivity contribution < 1.29 is 4.42 Å². The molecule has 7 aromatic carbocycles. The van der Waals surface area contributed by atoms with Crippen molar-refractivity contribution >= 4 is 83.3 Å². The van der Waals surface area contributed by atoms with E-state index in [1.165, 1.54) is 105 Å². The molecular formula is C45H29BN2O. The summed E-state index contributed by atoms with van der Waals surface area (Å²) in [6, 6.07) is 45.3. The van der Waals surface area contributed by atoms with Crippen molar-refractivity contribution in [2.24, 2.45) is 0 Å². The molecule has 0 N–H and O–H groups in total. The SMILES string of the molecule is Cc1cc(C)c(-c2cc3c4c(c2)c2ccccc2n4-c2c4c(cc5oc6ccccc6c25)-c2cccc5c6ccccc6n(c25)B43)c(C)c1. The minimum absolute atomic E-state index is 0.0225. The standard InChI is InChI=1S/C45H29BN2O/c1-24-19-25(2)40(26(3)20-24)27-21-34-29-12-4-7-16-36(29)47-44(34)35(22-27)46-42-33(23-39-41(45(42)47)32-13-6-9-18-38(32)49-39)31-15-10-14-30-28-11-5-8-17-37(28)48(46)43(30)31/h4-23H,1-3H3. The van der Waals surface area contributed by atoms with Crippen molar-refractivity contribution in [1.82, 2.24) is 9.05 Å². The van der Waals surface area contributed by atoms with Gasteiger partial charge in [0.2, 0.25) is 0 Å². The Balaban J connectivity index is 1.38. The monoisotopic (exact) mass is 624 g/mol. The highest BCUT2D eigenvalue weighted by Gasteiger charge is 2.43. The van der Waals surface area contributed by atoms with Gasteiger partial charge in [-0.25, -0.2) is 0 Å². The van der Waals surface area contributed by atoms with Crippen LogP contribution >= 0.6 is 0 Å². The molecule has 0 unspecified atom stereocenters. The van der Waals surface area contributed by atoms with Crippen LogP contribution in [-0.2, 0) is 0 Å². The van der Waals surface area contributed by atoms with Crippen molar-refractivity contribution in [2.45, 2.75) is 20.8 Å². The smallest absolute Gasteiger partial charge is 0.333 e. The third-order valence-corrected chi connectivity index (χ3v) is 11.5. The van der Waals surface area contributed by atoms with Gasteiger partial charge in [-0.2, -0.15) is 0 Å². The number of hydrogen-bond acceptors (Lipinski definition) is 1. The topological polar surface area (TPSA) is 23.0 Å².